The number of hydrogen-bond donors (Lipinski definition) is 1. The molecule has 1 heterocycles. The van der Waals surface area contributed by atoms with E-state index in [1.807, 2.05) is 12.1 Å². The second-order valence-electron chi connectivity index (χ2n) is 4.95. The average Bonchev–Trinajstić information content (AvgIpc) is 2.93. The van der Waals surface area contributed by atoms with Gasteiger partial charge in [0.1, 0.15) is 5.75 Å². The van der Waals surface area contributed by atoms with Gasteiger partial charge < -0.3 is 10.5 Å². The molecule has 0 radical (unpaired) electrons. The van der Waals surface area contributed by atoms with E-state index in [0.717, 1.165) is 16.6 Å². The van der Waals surface area contributed by atoms with Crippen LogP contribution in [-0.2, 0) is 6.42 Å². The normalized spacial score (nSPS) is 12.5. The zero-order valence-corrected chi connectivity index (χ0v) is 14.1. The van der Waals surface area contributed by atoms with Crippen molar-refractivity contribution >= 4 is 38.0 Å². The highest BCUT2D eigenvalue weighted by Crippen LogP contribution is 2.32. The molecular weight excluding hydrogens is 346 g/mol. The van der Waals surface area contributed by atoms with Crippen molar-refractivity contribution in [2.45, 2.75) is 12.5 Å². The van der Waals surface area contributed by atoms with Gasteiger partial charge in [-0.05, 0) is 62.3 Å². The number of hydrogen-bond acceptors (Lipinski definition) is 3. The summed E-state index contributed by atoms with van der Waals surface area (Å²) in [5.74, 6) is 0.876. The molecule has 0 bridgehead atoms. The number of benzene rings is 2. The van der Waals surface area contributed by atoms with E-state index in [1.54, 1.807) is 18.4 Å². The van der Waals surface area contributed by atoms with E-state index in [2.05, 4.69) is 51.6 Å². The third-order valence-corrected chi connectivity index (χ3v) is 5.60. The van der Waals surface area contributed by atoms with Crippen LogP contribution in [0.3, 0.4) is 0 Å². The van der Waals surface area contributed by atoms with Gasteiger partial charge in [0, 0.05) is 15.4 Å². The average molecular weight is 362 g/mol. The predicted molar refractivity (Wildman–Crippen MR) is 93.2 cm³/mol. The number of ether oxygens (including phenoxy) is 1. The molecule has 0 spiro atoms. The van der Waals surface area contributed by atoms with Gasteiger partial charge in [0.25, 0.3) is 0 Å². The van der Waals surface area contributed by atoms with E-state index in [-0.39, 0.29) is 6.04 Å². The number of halogens is 1. The first-order valence-electron chi connectivity index (χ1n) is 6.73. The molecular formula is C17H16BrNOS. The molecule has 0 amide bonds. The Balaban J connectivity index is 1.98. The lowest BCUT2D eigenvalue weighted by atomic mass is 9.98. The topological polar surface area (TPSA) is 35.2 Å². The van der Waals surface area contributed by atoms with Crippen LogP contribution >= 0.6 is 27.3 Å². The Kier molecular flexibility index (Phi) is 4.29. The van der Waals surface area contributed by atoms with E-state index >= 15 is 0 Å². The van der Waals surface area contributed by atoms with Crippen molar-refractivity contribution in [1.29, 1.82) is 0 Å². The highest BCUT2D eigenvalue weighted by molar-refractivity contribution is 9.10. The Labute approximate surface area is 136 Å². The van der Waals surface area contributed by atoms with Gasteiger partial charge in [0.2, 0.25) is 0 Å². The van der Waals surface area contributed by atoms with Crippen LogP contribution in [-0.4, -0.2) is 7.11 Å². The molecule has 2 nitrogen and oxygen atoms in total. The van der Waals surface area contributed by atoms with E-state index in [1.165, 1.54) is 21.2 Å². The minimum atomic E-state index is -0.00354. The van der Waals surface area contributed by atoms with Gasteiger partial charge in [-0.3, -0.25) is 0 Å². The molecule has 1 atom stereocenters. The van der Waals surface area contributed by atoms with E-state index in [9.17, 15) is 0 Å². The van der Waals surface area contributed by atoms with Crippen LogP contribution in [0.2, 0.25) is 0 Å². The van der Waals surface area contributed by atoms with Gasteiger partial charge in [-0.15, -0.1) is 11.3 Å². The van der Waals surface area contributed by atoms with Crippen molar-refractivity contribution in [3.05, 3.63) is 62.8 Å². The van der Waals surface area contributed by atoms with Gasteiger partial charge >= 0.3 is 0 Å². The van der Waals surface area contributed by atoms with Crippen molar-refractivity contribution < 1.29 is 4.74 Å². The van der Waals surface area contributed by atoms with Gasteiger partial charge in [-0.2, -0.15) is 0 Å². The fourth-order valence-electron chi connectivity index (χ4n) is 2.52. The third-order valence-electron chi connectivity index (χ3n) is 3.60. The summed E-state index contributed by atoms with van der Waals surface area (Å²) in [7, 11) is 1.69. The molecule has 0 fully saturated rings. The Hall–Kier alpha value is -1.36. The van der Waals surface area contributed by atoms with E-state index < -0.39 is 0 Å². The van der Waals surface area contributed by atoms with Crippen molar-refractivity contribution in [1.82, 2.24) is 0 Å². The van der Waals surface area contributed by atoms with Gasteiger partial charge in [0.15, 0.2) is 0 Å². The minimum Gasteiger partial charge on any atom is -0.497 e. The highest BCUT2D eigenvalue weighted by Gasteiger charge is 2.13. The summed E-state index contributed by atoms with van der Waals surface area (Å²) in [6, 6.07) is 14.5. The van der Waals surface area contributed by atoms with Crippen LogP contribution in [0.1, 0.15) is 16.5 Å². The molecule has 4 heteroatoms. The molecule has 0 saturated carbocycles. The summed E-state index contributed by atoms with van der Waals surface area (Å²) >= 11 is 5.26. The second-order valence-corrected chi connectivity index (χ2v) is 6.75. The van der Waals surface area contributed by atoms with Gasteiger partial charge in [0.05, 0.1) is 7.11 Å². The first-order valence-corrected chi connectivity index (χ1v) is 8.40. The SMILES string of the molecule is COc1ccc2cccc(CC(N)c3sccc3Br)c2c1. The standard InChI is InChI=1S/C17H16BrNOS/c1-20-13-6-5-11-3-2-4-12(14(11)10-13)9-16(19)17-15(18)7-8-21-17/h2-8,10,16H,9,19H2,1H3. The lowest BCUT2D eigenvalue weighted by Crippen LogP contribution is -2.12. The Morgan fingerprint density at radius 2 is 2.10 bits per heavy atom. The zero-order valence-electron chi connectivity index (χ0n) is 11.7. The number of nitrogens with two attached hydrogens (primary N) is 1. The Morgan fingerprint density at radius 3 is 2.81 bits per heavy atom. The number of fused-ring (bicyclic) bond motifs is 1. The Bertz CT molecular complexity index is 768. The summed E-state index contributed by atoms with van der Waals surface area (Å²) in [5, 5.41) is 4.48. The first kappa shape index (κ1) is 14.6. The molecule has 1 unspecified atom stereocenters. The summed E-state index contributed by atoms with van der Waals surface area (Å²) in [4.78, 5) is 1.19. The van der Waals surface area contributed by atoms with E-state index in [0.29, 0.717) is 0 Å². The Morgan fingerprint density at radius 1 is 1.24 bits per heavy atom. The molecule has 108 valence electrons. The van der Waals surface area contributed by atoms with E-state index in [4.69, 9.17) is 10.5 Å². The molecule has 2 aromatic carbocycles. The quantitative estimate of drug-likeness (QED) is 0.715. The summed E-state index contributed by atoms with van der Waals surface area (Å²) in [5.41, 5.74) is 7.63. The lowest BCUT2D eigenvalue weighted by molar-refractivity contribution is 0.415. The fraction of sp³-hybridized carbons (Fsp3) is 0.176. The molecule has 0 aliphatic heterocycles. The summed E-state index contributed by atoms with van der Waals surface area (Å²) in [6.45, 7) is 0. The maximum absolute atomic E-state index is 6.38. The predicted octanol–water partition coefficient (Wildman–Crippen LogP) is 4.91. The fourth-order valence-corrected chi connectivity index (χ4v) is 4.19. The molecule has 0 saturated heterocycles. The number of methoxy groups -OCH3 is 1. The van der Waals surface area contributed by atoms with Crippen LogP contribution in [0.15, 0.2) is 52.3 Å². The minimum absolute atomic E-state index is 0.00354. The number of rotatable bonds is 4. The molecule has 2 N–H and O–H groups in total. The largest absolute Gasteiger partial charge is 0.497 e. The summed E-state index contributed by atoms with van der Waals surface area (Å²) in [6.07, 6.45) is 0.809. The molecule has 3 aromatic rings. The molecule has 3 rings (SSSR count). The zero-order chi connectivity index (χ0) is 14.8. The van der Waals surface area contributed by atoms with Crippen LogP contribution in [0.5, 0.6) is 5.75 Å². The van der Waals surface area contributed by atoms with Gasteiger partial charge in [-0.25, -0.2) is 0 Å². The molecule has 21 heavy (non-hydrogen) atoms. The lowest BCUT2D eigenvalue weighted by Gasteiger charge is -2.13. The van der Waals surface area contributed by atoms with Crippen LogP contribution in [0, 0.1) is 0 Å². The maximum atomic E-state index is 6.38. The third kappa shape index (κ3) is 2.98. The van der Waals surface area contributed by atoms with Crippen molar-refractivity contribution in [2.75, 3.05) is 7.11 Å². The monoisotopic (exact) mass is 361 g/mol. The molecule has 0 aliphatic rings. The van der Waals surface area contributed by atoms with Crippen LogP contribution in [0.25, 0.3) is 10.8 Å². The maximum Gasteiger partial charge on any atom is 0.119 e. The first-order chi connectivity index (χ1) is 10.2. The molecule has 0 aliphatic carbocycles. The van der Waals surface area contributed by atoms with Crippen LogP contribution < -0.4 is 10.5 Å². The van der Waals surface area contributed by atoms with Crippen molar-refractivity contribution in [3.63, 3.8) is 0 Å². The van der Waals surface area contributed by atoms with Crippen molar-refractivity contribution in [3.8, 4) is 5.75 Å². The molecule has 1 aromatic heterocycles. The van der Waals surface area contributed by atoms with Crippen molar-refractivity contribution in [2.24, 2.45) is 5.73 Å². The van der Waals surface area contributed by atoms with Crippen LogP contribution in [0.4, 0.5) is 0 Å². The highest BCUT2D eigenvalue weighted by atomic mass is 79.9. The summed E-state index contributed by atoms with van der Waals surface area (Å²) < 4.78 is 6.43. The second kappa shape index (κ2) is 6.18. The number of thiophene rings is 1. The smallest absolute Gasteiger partial charge is 0.119 e. The van der Waals surface area contributed by atoms with Gasteiger partial charge in [-0.1, -0.05) is 24.3 Å².